The number of amides is 1. The standard InChI is InChI=1S/C14H16F3N3O2/c1-3-7(2)11(18)12(21)19-8-4-5-10-9(6-8)20-13(22-10)14(15,16)17/h4-7,11H,3,18H2,1-2H3,(H,19,21). The molecule has 0 saturated heterocycles. The molecule has 3 N–H and O–H groups in total. The molecule has 0 aliphatic rings. The minimum absolute atomic E-state index is 0.00320. The number of nitrogens with zero attached hydrogens (tertiary/aromatic N) is 1. The maximum Gasteiger partial charge on any atom is 0.468 e. The first kappa shape index (κ1) is 16.3. The second kappa shape index (κ2) is 5.96. The van der Waals surface area contributed by atoms with Gasteiger partial charge in [-0.05, 0) is 24.1 Å². The number of rotatable bonds is 4. The molecule has 2 unspecified atom stereocenters. The Bertz CT molecular complexity index is 682. The largest absolute Gasteiger partial charge is 0.468 e. The van der Waals surface area contributed by atoms with Crippen LogP contribution in [0.4, 0.5) is 18.9 Å². The number of hydrogen-bond donors (Lipinski definition) is 2. The number of benzene rings is 1. The third-order valence-electron chi connectivity index (χ3n) is 3.46. The van der Waals surface area contributed by atoms with E-state index in [1.165, 1.54) is 18.2 Å². The normalized spacial score (nSPS) is 14.8. The first-order chi connectivity index (χ1) is 10.2. The topological polar surface area (TPSA) is 81.2 Å². The van der Waals surface area contributed by atoms with Gasteiger partial charge in [0.05, 0.1) is 6.04 Å². The molecule has 0 radical (unpaired) electrons. The summed E-state index contributed by atoms with van der Waals surface area (Å²) < 4.78 is 42.2. The highest BCUT2D eigenvalue weighted by molar-refractivity contribution is 5.96. The molecular weight excluding hydrogens is 299 g/mol. The van der Waals surface area contributed by atoms with Crippen LogP contribution in [0, 0.1) is 5.92 Å². The Morgan fingerprint density at radius 1 is 1.45 bits per heavy atom. The number of halogens is 3. The van der Waals surface area contributed by atoms with Crippen molar-refractivity contribution in [3.8, 4) is 0 Å². The van der Waals surface area contributed by atoms with E-state index in [0.29, 0.717) is 5.69 Å². The third-order valence-corrected chi connectivity index (χ3v) is 3.46. The van der Waals surface area contributed by atoms with Crippen LogP contribution in [-0.4, -0.2) is 16.9 Å². The maximum atomic E-state index is 12.5. The van der Waals surface area contributed by atoms with E-state index in [2.05, 4.69) is 14.7 Å². The van der Waals surface area contributed by atoms with Crippen LogP contribution in [0.5, 0.6) is 0 Å². The smallest absolute Gasteiger partial charge is 0.433 e. The summed E-state index contributed by atoms with van der Waals surface area (Å²) in [7, 11) is 0. The van der Waals surface area contributed by atoms with Crippen molar-refractivity contribution in [3.05, 3.63) is 24.1 Å². The first-order valence-corrected chi connectivity index (χ1v) is 6.76. The number of aromatic nitrogens is 1. The highest BCUT2D eigenvalue weighted by Crippen LogP contribution is 2.31. The second-order valence-corrected chi connectivity index (χ2v) is 5.10. The molecule has 1 aromatic carbocycles. The summed E-state index contributed by atoms with van der Waals surface area (Å²) in [5, 5.41) is 2.57. The van der Waals surface area contributed by atoms with Gasteiger partial charge in [0.25, 0.3) is 0 Å². The molecule has 8 heteroatoms. The van der Waals surface area contributed by atoms with Crippen LogP contribution in [0.3, 0.4) is 0 Å². The molecule has 0 fully saturated rings. The van der Waals surface area contributed by atoms with Gasteiger partial charge in [0.1, 0.15) is 5.52 Å². The number of hydrogen-bond acceptors (Lipinski definition) is 4. The average molecular weight is 315 g/mol. The number of anilines is 1. The molecule has 120 valence electrons. The fourth-order valence-electron chi connectivity index (χ4n) is 1.86. The Kier molecular flexibility index (Phi) is 4.41. The summed E-state index contributed by atoms with van der Waals surface area (Å²) in [5.41, 5.74) is 6.13. The lowest BCUT2D eigenvalue weighted by molar-refractivity contribution is -0.156. The van der Waals surface area contributed by atoms with Crippen LogP contribution < -0.4 is 11.1 Å². The van der Waals surface area contributed by atoms with Gasteiger partial charge in [0.15, 0.2) is 5.58 Å². The van der Waals surface area contributed by atoms with Crippen molar-refractivity contribution in [2.24, 2.45) is 11.7 Å². The van der Waals surface area contributed by atoms with E-state index >= 15 is 0 Å². The lowest BCUT2D eigenvalue weighted by Gasteiger charge is -2.17. The van der Waals surface area contributed by atoms with Gasteiger partial charge in [-0.1, -0.05) is 20.3 Å². The van der Waals surface area contributed by atoms with Crippen molar-refractivity contribution in [1.82, 2.24) is 4.98 Å². The minimum Gasteiger partial charge on any atom is -0.433 e. The Morgan fingerprint density at radius 3 is 2.73 bits per heavy atom. The molecule has 1 aromatic heterocycles. The van der Waals surface area contributed by atoms with E-state index in [1.807, 2.05) is 13.8 Å². The number of carbonyl (C=O) groups is 1. The molecule has 0 aliphatic carbocycles. The average Bonchev–Trinajstić information content (AvgIpc) is 2.88. The van der Waals surface area contributed by atoms with E-state index in [1.54, 1.807) is 0 Å². The summed E-state index contributed by atoms with van der Waals surface area (Å²) in [4.78, 5) is 15.3. The summed E-state index contributed by atoms with van der Waals surface area (Å²) in [6.07, 6.45) is -3.91. The van der Waals surface area contributed by atoms with Crippen molar-refractivity contribution in [3.63, 3.8) is 0 Å². The molecule has 0 aliphatic heterocycles. The van der Waals surface area contributed by atoms with E-state index in [4.69, 9.17) is 5.73 Å². The zero-order chi connectivity index (χ0) is 16.5. The van der Waals surface area contributed by atoms with Gasteiger partial charge in [-0.15, -0.1) is 0 Å². The van der Waals surface area contributed by atoms with Crippen LogP contribution >= 0.6 is 0 Å². The Labute approximate surface area is 124 Å². The molecular formula is C14H16F3N3O2. The highest BCUT2D eigenvalue weighted by atomic mass is 19.4. The number of alkyl halides is 3. The quantitative estimate of drug-likeness (QED) is 0.908. The zero-order valence-corrected chi connectivity index (χ0v) is 12.1. The second-order valence-electron chi connectivity index (χ2n) is 5.10. The number of carbonyl (C=O) groups excluding carboxylic acids is 1. The van der Waals surface area contributed by atoms with E-state index in [-0.39, 0.29) is 17.0 Å². The zero-order valence-electron chi connectivity index (χ0n) is 12.1. The fourth-order valence-corrected chi connectivity index (χ4v) is 1.86. The molecule has 5 nitrogen and oxygen atoms in total. The van der Waals surface area contributed by atoms with Gasteiger partial charge in [0, 0.05) is 5.69 Å². The molecule has 2 aromatic rings. The van der Waals surface area contributed by atoms with Gasteiger partial charge in [-0.3, -0.25) is 4.79 Å². The van der Waals surface area contributed by atoms with Crippen LogP contribution in [0.15, 0.2) is 22.6 Å². The predicted molar refractivity (Wildman–Crippen MR) is 75.1 cm³/mol. The molecule has 0 bridgehead atoms. The lowest BCUT2D eigenvalue weighted by Crippen LogP contribution is -2.40. The lowest BCUT2D eigenvalue weighted by atomic mass is 9.99. The number of oxazole rings is 1. The van der Waals surface area contributed by atoms with Gasteiger partial charge in [-0.2, -0.15) is 13.2 Å². The summed E-state index contributed by atoms with van der Waals surface area (Å²) >= 11 is 0. The van der Waals surface area contributed by atoms with Gasteiger partial charge in [0.2, 0.25) is 5.91 Å². The van der Waals surface area contributed by atoms with Crippen molar-refractivity contribution >= 4 is 22.7 Å². The van der Waals surface area contributed by atoms with E-state index in [0.717, 1.165) is 6.42 Å². The van der Waals surface area contributed by atoms with Crippen LogP contribution in [-0.2, 0) is 11.0 Å². The molecule has 0 spiro atoms. The minimum atomic E-state index is -4.65. The Morgan fingerprint density at radius 2 is 2.14 bits per heavy atom. The fraction of sp³-hybridized carbons (Fsp3) is 0.429. The van der Waals surface area contributed by atoms with Crippen molar-refractivity contribution in [2.75, 3.05) is 5.32 Å². The van der Waals surface area contributed by atoms with Gasteiger partial charge >= 0.3 is 12.1 Å². The SMILES string of the molecule is CCC(C)C(N)C(=O)Nc1ccc2oc(C(F)(F)F)nc2c1. The molecule has 1 amide bonds. The summed E-state index contributed by atoms with van der Waals surface area (Å²) in [6, 6.07) is 3.38. The third kappa shape index (κ3) is 3.38. The molecule has 2 rings (SSSR count). The monoisotopic (exact) mass is 315 g/mol. The molecule has 1 heterocycles. The van der Waals surface area contributed by atoms with E-state index < -0.39 is 24.0 Å². The molecule has 22 heavy (non-hydrogen) atoms. The predicted octanol–water partition coefficient (Wildman–Crippen LogP) is 3.16. The summed E-state index contributed by atoms with van der Waals surface area (Å²) in [5.74, 6) is -1.72. The van der Waals surface area contributed by atoms with Crippen molar-refractivity contribution in [2.45, 2.75) is 32.5 Å². The Balaban J connectivity index is 2.21. The number of nitrogens with two attached hydrogens (primary N) is 1. The van der Waals surface area contributed by atoms with Crippen LogP contribution in [0.1, 0.15) is 26.2 Å². The summed E-state index contributed by atoms with van der Waals surface area (Å²) in [6.45, 7) is 3.76. The maximum absolute atomic E-state index is 12.5. The van der Waals surface area contributed by atoms with Crippen LogP contribution in [0.2, 0.25) is 0 Å². The molecule has 0 saturated carbocycles. The van der Waals surface area contributed by atoms with Crippen molar-refractivity contribution < 1.29 is 22.4 Å². The van der Waals surface area contributed by atoms with Gasteiger partial charge < -0.3 is 15.5 Å². The van der Waals surface area contributed by atoms with Gasteiger partial charge in [-0.25, -0.2) is 4.98 Å². The first-order valence-electron chi connectivity index (χ1n) is 6.76. The highest BCUT2D eigenvalue weighted by Gasteiger charge is 2.37. The Hall–Kier alpha value is -2.09. The number of nitrogens with one attached hydrogen (secondary N) is 1. The van der Waals surface area contributed by atoms with Crippen LogP contribution in [0.25, 0.3) is 11.1 Å². The van der Waals surface area contributed by atoms with E-state index in [9.17, 15) is 18.0 Å². The van der Waals surface area contributed by atoms with Crippen molar-refractivity contribution in [1.29, 1.82) is 0 Å². The molecule has 2 atom stereocenters. The number of fused-ring (bicyclic) bond motifs is 1.